The zero-order valence-electron chi connectivity index (χ0n) is 26.2. The van der Waals surface area contributed by atoms with Crippen molar-refractivity contribution < 1.29 is 33.7 Å². The van der Waals surface area contributed by atoms with Gasteiger partial charge < -0.3 is 29.4 Å². The molecule has 0 radical (unpaired) electrons. The van der Waals surface area contributed by atoms with E-state index < -0.39 is 12.3 Å². The van der Waals surface area contributed by atoms with Crippen LogP contribution in [0, 0.1) is 0 Å². The first kappa shape index (κ1) is 33.2. The van der Waals surface area contributed by atoms with Gasteiger partial charge in [-0.25, -0.2) is 4.98 Å². The standard InChI is InChI=1S/C38H36N2O7S/c41-23-25-17-19-26(20-18-25)32-22-31(45-37(46-32)29-13-7-14-30(21-29)39-33(42)15-8-16-34(43)44)24-48-38-40-35(27-9-3-1-4-10-27)36(47-38)28-11-5-2-6-12-28/h1-7,9-14,17-21,31-32,37,41H,8,15-16,22-24H2,(H,39,42)(H,43,44)/t31-,32+,37+/m0/s1. The van der Waals surface area contributed by atoms with Gasteiger partial charge in [-0.1, -0.05) is 109 Å². The van der Waals surface area contributed by atoms with Crippen molar-refractivity contribution in [2.24, 2.45) is 0 Å². The van der Waals surface area contributed by atoms with Gasteiger partial charge in [0.1, 0.15) is 5.69 Å². The van der Waals surface area contributed by atoms with Crippen LogP contribution in [0.2, 0.25) is 0 Å². The molecule has 246 valence electrons. The number of oxazole rings is 1. The van der Waals surface area contributed by atoms with Gasteiger partial charge >= 0.3 is 5.97 Å². The molecule has 5 aromatic rings. The number of aliphatic hydroxyl groups is 1. The quantitative estimate of drug-likeness (QED) is 0.107. The van der Waals surface area contributed by atoms with E-state index in [1.165, 1.54) is 11.8 Å². The topological polar surface area (TPSA) is 131 Å². The number of nitrogens with zero attached hydrogens (tertiary/aromatic N) is 1. The molecule has 1 aromatic heterocycles. The number of nitrogens with one attached hydrogen (secondary N) is 1. The van der Waals surface area contributed by atoms with Crippen molar-refractivity contribution >= 4 is 29.3 Å². The molecule has 1 saturated heterocycles. The number of amides is 1. The van der Waals surface area contributed by atoms with Gasteiger partial charge in [-0.3, -0.25) is 9.59 Å². The zero-order valence-corrected chi connectivity index (χ0v) is 27.0. The van der Waals surface area contributed by atoms with Gasteiger partial charge in [0.05, 0.1) is 18.8 Å². The Labute approximate surface area is 282 Å². The summed E-state index contributed by atoms with van der Waals surface area (Å²) in [5, 5.41) is 21.8. The van der Waals surface area contributed by atoms with Crippen LogP contribution in [0.1, 0.15) is 54.8 Å². The number of carbonyl (C=O) groups is 2. The third-order valence-corrected chi connectivity index (χ3v) is 8.90. The fourth-order valence-corrected chi connectivity index (χ4v) is 6.35. The van der Waals surface area contributed by atoms with Crippen LogP contribution < -0.4 is 5.32 Å². The molecule has 1 aliphatic rings. The van der Waals surface area contributed by atoms with E-state index in [0.717, 1.165) is 33.5 Å². The van der Waals surface area contributed by atoms with E-state index in [4.69, 9.17) is 24.0 Å². The highest BCUT2D eigenvalue weighted by atomic mass is 32.2. The summed E-state index contributed by atoms with van der Waals surface area (Å²) in [5.41, 5.74) is 5.77. The van der Waals surface area contributed by atoms with Crippen molar-refractivity contribution in [3.63, 3.8) is 0 Å². The summed E-state index contributed by atoms with van der Waals surface area (Å²) in [6, 6.07) is 34.9. The third-order valence-electron chi connectivity index (χ3n) is 7.94. The molecule has 0 saturated carbocycles. The van der Waals surface area contributed by atoms with Crippen LogP contribution in [0.5, 0.6) is 0 Å². The first-order chi connectivity index (χ1) is 23.4. The Balaban J connectivity index is 1.21. The Morgan fingerprint density at radius 1 is 0.833 bits per heavy atom. The summed E-state index contributed by atoms with van der Waals surface area (Å²) in [4.78, 5) is 28.2. The number of aliphatic hydroxyl groups excluding tert-OH is 1. The number of ether oxygens (including phenoxy) is 2. The van der Waals surface area contributed by atoms with Crippen LogP contribution in [0.4, 0.5) is 5.69 Å². The van der Waals surface area contributed by atoms with Crippen LogP contribution >= 0.6 is 11.8 Å². The van der Waals surface area contributed by atoms with E-state index in [0.29, 0.717) is 28.8 Å². The number of carboxylic acid groups (broad SMARTS) is 1. The summed E-state index contributed by atoms with van der Waals surface area (Å²) in [6.45, 7) is -0.0439. The van der Waals surface area contributed by atoms with E-state index in [-0.39, 0.29) is 44.0 Å². The summed E-state index contributed by atoms with van der Waals surface area (Å²) in [6.07, 6.45) is -0.364. The minimum absolute atomic E-state index is 0.0439. The summed E-state index contributed by atoms with van der Waals surface area (Å²) >= 11 is 1.48. The van der Waals surface area contributed by atoms with Crippen molar-refractivity contribution in [3.05, 3.63) is 126 Å². The fourth-order valence-electron chi connectivity index (χ4n) is 5.51. The summed E-state index contributed by atoms with van der Waals surface area (Å²) in [7, 11) is 0. The van der Waals surface area contributed by atoms with E-state index in [9.17, 15) is 14.7 Å². The number of hydrogen-bond acceptors (Lipinski definition) is 8. The third kappa shape index (κ3) is 8.59. The monoisotopic (exact) mass is 664 g/mol. The number of anilines is 1. The molecule has 0 spiro atoms. The fraction of sp³-hybridized carbons (Fsp3) is 0.237. The van der Waals surface area contributed by atoms with Crippen LogP contribution in [0.15, 0.2) is 119 Å². The second kappa shape index (κ2) is 15.9. The number of hydrogen-bond donors (Lipinski definition) is 3. The predicted octanol–water partition coefficient (Wildman–Crippen LogP) is 8.03. The number of thioether (sulfide) groups is 1. The first-order valence-electron chi connectivity index (χ1n) is 15.8. The maximum Gasteiger partial charge on any atom is 0.303 e. The Morgan fingerprint density at radius 2 is 1.56 bits per heavy atom. The molecular weight excluding hydrogens is 628 g/mol. The van der Waals surface area contributed by atoms with Crippen molar-refractivity contribution in [3.8, 4) is 22.6 Å². The molecule has 6 rings (SSSR count). The van der Waals surface area contributed by atoms with Gasteiger partial charge in [-0.2, -0.15) is 0 Å². The number of carboxylic acids is 1. The van der Waals surface area contributed by atoms with Crippen molar-refractivity contribution in [1.82, 2.24) is 4.98 Å². The maximum absolute atomic E-state index is 12.4. The van der Waals surface area contributed by atoms with Gasteiger partial charge in [0, 0.05) is 47.4 Å². The zero-order chi connectivity index (χ0) is 33.3. The van der Waals surface area contributed by atoms with Crippen LogP contribution in [0.25, 0.3) is 22.6 Å². The van der Waals surface area contributed by atoms with Crippen molar-refractivity contribution in [2.75, 3.05) is 11.1 Å². The van der Waals surface area contributed by atoms with Gasteiger partial charge in [0.15, 0.2) is 12.1 Å². The highest BCUT2D eigenvalue weighted by Crippen LogP contribution is 2.41. The molecule has 0 bridgehead atoms. The predicted molar refractivity (Wildman–Crippen MR) is 183 cm³/mol. The molecule has 1 fully saturated rings. The molecule has 3 atom stereocenters. The van der Waals surface area contributed by atoms with E-state index in [1.807, 2.05) is 103 Å². The highest BCUT2D eigenvalue weighted by Gasteiger charge is 2.33. The average molecular weight is 665 g/mol. The molecule has 9 nitrogen and oxygen atoms in total. The van der Waals surface area contributed by atoms with Gasteiger partial charge in [-0.05, 0) is 29.7 Å². The molecule has 10 heteroatoms. The lowest BCUT2D eigenvalue weighted by Gasteiger charge is -2.36. The van der Waals surface area contributed by atoms with Gasteiger partial charge in [0.2, 0.25) is 5.91 Å². The lowest BCUT2D eigenvalue weighted by molar-refractivity contribution is -0.245. The van der Waals surface area contributed by atoms with Crippen molar-refractivity contribution in [2.45, 2.75) is 56.0 Å². The molecule has 1 amide bonds. The molecule has 0 aliphatic carbocycles. The average Bonchev–Trinajstić information content (AvgIpc) is 3.56. The highest BCUT2D eigenvalue weighted by molar-refractivity contribution is 7.99. The number of aliphatic carboxylic acids is 1. The molecule has 0 unspecified atom stereocenters. The number of rotatable bonds is 13. The van der Waals surface area contributed by atoms with Crippen LogP contribution in [0.3, 0.4) is 0 Å². The molecule has 4 aromatic carbocycles. The maximum atomic E-state index is 12.4. The van der Waals surface area contributed by atoms with Gasteiger partial charge in [0.25, 0.3) is 5.22 Å². The number of aromatic nitrogens is 1. The molecule has 2 heterocycles. The first-order valence-corrected chi connectivity index (χ1v) is 16.8. The molecule has 3 N–H and O–H groups in total. The lowest BCUT2D eigenvalue weighted by Crippen LogP contribution is -2.31. The Morgan fingerprint density at radius 3 is 2.27 bits per heavy atom. The minimum atomic E-state index is -0.930. The van der Waals surface area contributed by atoms with E-state index in [2.05, 4.69) is 5.32 Å². The number of benzene rings is 4. The van der Waals surface area contributed by atoms with E-state index >= 15 is 0 Å². The molecular formula is C38H36N2O7S. The second-order valence-electron chi connectivity index (χ2n) is 11.5. The van der Waals surface area contributed by atoms with Crippen molar-refractivity contribution in [1.29, 1.82) is 0 Å². The Kier molecular flexibility index (Phi) is 11.0. The lowest BCUT2D eigenvalue weighted by atomic mass is 10.0. The molecule has 1 aliphatic heterocycles. The largest absolute Gasteiger partial charge is 0.481 e. The minimum Gasteiger partial charge on any atom is -0.481 e. The molecule has 48 heavy (non-hydrogen) atoms. The van der Waals surface area contributed by atoms with E-state index in [1.54, 1.807) is 6.07 Å². The normalized spacial score (nSPS) is 17.6. The number of carbonyl (C=O) groups excluding carboxylic acids is 1. The SMILES string of the molecule is O=C(O)CCCC(=O)Nc1cccc([C@@H]2O[C@H](CSc3nc(-c4ccccc4)c(-c4ccccc4)o3)C[C@H](c3ccc(CO)cc3)O2)c1. The van der Waals surface area contributed by atoms with Crippen LogP contribution in [-0.4, -0.2) is 38.9 Å². The van der Waals surface area contributed by atoms with Crippen LogP contribution in [-0.2, 0) is 25.7 Å². The van der Waals surface area contributed by atoms with Gasteiger partial charge in [-0.15, -0.1) is 0 Å². The smallest absolute Gasteiger partial charge is 0.303 e. The summed E-state index contributed by atoms with van der Waals surface area (Å²) < 4.78 is 19.4. The summed E-state index contributed by atoms with van der Waals surface area (Å²) in [5.74, 6) is 0.0684. The Bertz CT molecular complexity index is 1760. The second-order valence-corrected chi connectivity index (χ2v) is 12.4. The Hall–Kier alpha value is -4.74.